The summed E-state index contributed by atoms with van der Waals surface area (Å²) in [5.74, 6) is 1.14. The van der Waals surface area contributed by atoms with Crippen LogP contribution in [0.1, 0.15) is 50.6 Å². The first-order valence-electron chi connectivity index (χ1n) is 8.96. The van der Waals surface area contributed by atoms with Crippen LogP contribution in [-0.2, 0) is 11.2 Å². The number of pyridine rings is 1. The zero-order valence-electron chi connectivity index (χ0n) is 13.9. The van der Waals surface area contributed by atoms with E-state index in [4.69, 9.17) is 9.72 Å². The van der Waals surface area contributed by atoms with E-state index in [2.05, 4.69) is 27.6 Å². The number of hydrogen-bond donors (Lipinski definition) is 0. The van der Waals surface area contributed by atoms with Gasteiger partial charge in [0.1, 0.15) is 17.6 Å². The number of likely N-dealkylation sites (tertiary alicyclic amines) is 1. The van der Waals surface area contributed by atoms with Gasteiger partial charge in [0.15, 0.2) is 5.65 Å². The van der Waals surface area contributed by atoms with E-state index in [1.807, 2.05) is 12.3 Å². The highest BCUT2D eigenvalue weighted by atomic mass is 16.5. The van der Waals surface area contributed by atoms with Crippen molar-refractivity contribution in [3.8, 4) is 0 Å². The van der Waals surface area contributed by atoms with Crippen LogP contribution in [0, 0.1) is 0 Å². The molecule has 0 aromatic carbocycles. The Morgan fingerprint density at radius 1 is 1.22 bits per heavy atom. The van der Waals surface area contributed by atoms with Crippen molar-refractivity contribution in [2.45, 2.75) is 57.2 Å². The fourth-order valence-electron chi connectivity index (χ4n) is 3.96. The third-order valence-corrected chi connectivity index (χ3v) is 5.31. The molecule has 2 unspecified atom stereocenters. The molecule has 4 rings (SSSR count). The summed E-state index contributed by atoms with van der Waals surface area (Å²) in [6, 6.07) is 4.62. The number of fused-ring (bicyclic) bond motifs is 1. The van der Waals surface area contributed by atoms with Crippen molar-refractivity contribution in [3.63, 3.8) is 0 Å². The van der Waals surface area contributed by atoms with E-state index in [0.29, 0.717) is 6.04 Å². The molecule has 23 heavy (non-hydrogen) atoms. The van der Waals surface area contributed by atoms with Gasteiger partial charge >= 0.3 is 0 Å². The molecule has 0 amide bonds. The Labute approximate surface area is 137 Å². The van der Waals surface area contributed by atoms with Gasteiger partial charge in [0, 0.05) is 25.3 Å². The van der Waals surface area contributed by atoms with E-state index in [1.54, 1.807) is 0 Å². The second kappa shape index (κ2) is 6.57. The van der Waals surface area contributed by atoms with Crippen LogP contribution in [0.4, 0.5) is 0 Å². The summed E-state index contributed by atoms with van der Waals surface area (Å²) in [6.45, 7) is 2.04. The lowest BCUT2D eigenvalue weighted by atomic mass is 10.00. The zero-order valence-corrected chi connectivity index (χ0v) is 13.9. The fraction of sp³-hybridized carbons (Fsp3) is 0.667. The van der Waals surface area contributed by atoms with Gasteiger partial charge in [-0.05, 0) is 57.8 Å². The molecule has 2 atom stereocenters. The monoisotopic (exact) mass is 314 g/mol. The molecule has 2 aromatic heterocycles. The average molecular weight is 314 g/mol. The van der Waals surface area contributed by atoms with Gasteiger partial charge < -0.3 is 9.64 Å². The molecule has 5 nitrogen and oxygen atoms in total. The molecule has 2 aliphatic rings. The molecule has 0 radical (unpaired) electrons. The van der Waals surface area contributed by atoms with Gasteiger partial charge in [-0.1, -0.05) is 6.42 Å². The molecule has 2 aromatic rings. The fourth-order valence-corrected chi connectivity index (χ4v) is 3.96. The van der Waals surface area contributed by atoms with Gasteiger partial charge in [0.25, 0.3) is 0 Å². The summed E-state index contributed by atoms with van der Waals surface area (Å²) in [4.78, 5) is 12.0. The smallest absolute Gasteiger partial charge is 0.162 e. The van der Waals surface area contributed by atoms with Gasteiger partial charge in [0.05, 0.1) is 0 Å². The number of hydrogen-bond acceptors (Lipinski definition) is 4. The van der Waals surface area contributed by atoms with Gasteiger partial charge in [-0.25, -0.2) is 9.97 Å². The van der Waals surface area contributed by atoms with E-state index >= 15 is 0 Å². The highest BCUT2D eigenvalue weighted by Gasteiger charge is 2.26. The summed E-state index contributed by atoms with van der Waals surface area (Å²) < 4.78 is 8.33. The highest BCUT2D eigenvalue weighted by Crippen LogP contribution is 2.29. The van der Waals surface area contributed by atoms with Crippen LogP contribution in [-0.4, -0.2) is 45.7 Å². The van der Waals surface area contributed by atoms with Crippen LogP contribution in [0.5, 0.6) is 0 Å². The predicted molar refractivity (Wildman–Crippen MR) is 90.3 cm³/mol. The Bertz CT molecular complexity index is 662. The number of nitrogens with zero attached hydrogens (tertiary/aromatic N) is 4. The van der Waals surface area contributed by atoms with E-state index in [-0.39, 0.29) is 6.23 Å². The van der Waals surface area contributed by atoms with Gasteiger partial charge in [-0.15, -0.1) is 0 Å². The van der Waals surface area contributed by atoms with Crippen molar-refractivity contribution in [2.75, 3.05) is 20.2 Å². The molecule has 2 saturated heterocycles. The number of rotatable bonds is 3. The number of likely N-dealkylation sites (N-methyl/N-ethyl adjacent to an activating group) is 1. The zero-order chi connectivity index (χ0) is 15.6. The molecular weight excluding hydrogens is 288 g/mol. The first kappa shape index (κ1) is 15.1. The SMILES string of the molecule is CN1CCCCC1Cc1nc2cccnc2n1C1CCCCO1. The van der Waals surface area contributed by atoms with Crippen LogP contribution in [0.15, 0.2) is 18.3 Å². The minimum absolute atomic E-state index is 0.104. The molecule has 0 spiro atoms. The van der Waals surface area contributed by atoms with Crippen LogP contribution in [0.25, 0.3) is 11.2 Å². The predicted octanol–water partition coefficient (Wildman–Crippen LogP) is 3.16. The quantitative estimate of drug-likeness (QED) is 0.873. The summed E-state index contributed by atoms with van der Waals surface area (Å²) in [7, 11) is 2.24. The standard InChI is InChI=1S/C18H26N4O/c1-21-11-4-2-7-14(21)13-16-20-15-8-6-10-19-18(15)22(16)17-9-3-5-12-23-17/h6,8,10,14,17H,2-5,7,9,11-13H2,1H3. The summed E-state index contributed by atoms with van der Waals surface area (Å²) in [5.41, 5.74) is 1.97. The number of aromatic nitrogens is 3. The summed E-state index contributed by atoms with van der Waals surface area (Å²) >= 11 is 0. The van der Waals surface area contributed by atoms with Crippen molar-refractivity contribution in [1.82, 2.24) is 19.4 Å². The lowest BCUT2D eigenvalue weighted by Gasteiger charge is -2.33. The third kappa shape index (κ3) is 3.00. The average Bonchev–Trinajstić information content (AvgIpc) is 2.95. The van der Waals surface area contributed by atoms with Gasteiger partial charge in [0.2, 0.25) is 0 Å². The maximum atomic E-state index is 6.06. The van der Waals surface area contributed by atoms with E-state index < -0.39 is 0 Å². The van der Waals surface area contributed by atoms with Crippen molar-refractivity contribution in [2.24, 2.45) is 0 Å². The molecule has 0 saturated carbocycles. The normalized spacial score (nSPS) is 26.7. The van der Waals surface area contributed by atoms with E-state index in [0.717, 1.165) is 42.9 Å². The first-order chi connectivity index (χ1) is 11.3. The number of ether oxygens (including phenoxy) is 1. The van der Waals surface area contributed by atoms with Gasteiger partial charge in [-0.2, -0.15) is 0 Å². The highest BCUT2D eigenvalue weighted by molar-refractivity contribution is 5.71. The van der Waals surface area contributed by atoms with Crippen LogP contribution >= 0.6 is 0 Å². The Morgan fingerprint density at radius 2 is 2.13 bits per heavy atom. The molecule has 2 fully saturated rings. The second-order valence-electron chi connectivity index (χ2n) is 6.90. The van der Waals surface area contributed by atoms with Crippen LogP contribution in [0.3, 0.4) is 0 Å². The molecule has 2 aliphatic heterocycles. The maximum Gasteiger partial charge on any atom is 0.162 e. The van der Waals surface area contributed by atoms with Crippen LogP contribution < -0.4 is 0 Å². The molecule has 0 aliphatic carbocycles. The summed E-state index contributed by atoms with van der Waals surface area (Å²) in [5, 5.41) is 0. The molecule has 0 bridgehead atoms. The largest absolute Gasteiger partial charge is 0.358 e. The number of piperidine rings is 1. The minimum atomic E-state index is 0.104. The van der Waals surface area contributed by atoms with E-state index in [9.17, 15) is 0 Å². The lowest BCUT2D eigenvalue weighted by molar-refractivity contribution is -0.0318. The topological polar surface area (TPSA) is 43.2 Å². The van der Waals surface area contributed by atoms with Crippen LogP contribution in [0.2, 0.25) is 0 Å². The molecule has 124 valence electrons. The Balaban J connectivity index is 1.69. The first-order valence-corrected chi connectivity index (χ1v) is 8.96. The molecule has 0 N–H and O–H groups in total. The summed E-state index contributed by atoms with van der Waals surface area (Å²) in [6.07, 6.45) is 10.3. The van der Waals surface area contributed by atoms with Crippen molar-refractivity contribution < 1.29 is 4.74 Å². The van der Waals surface area contributed by atoms with E-state index in [1.165, 1.54) is 32.2 Å². The van der Waals surface area contributed by atoms with Crippen molar-refractivity contribution in [3.05, 3.63) is 24.2 Å². The van der Waals surface area contributed by atoms with Crippen molar-refractivity contribution >= 4 is 11.2 Å². The molecule has 5 heteroatoms. The second-order valence-corrected chi connectivity index (χ2v) is 6.90. The minimum Gasteiger partial charge on any atom is -0.358 e. The molecule has 4 heterocycles. The maximum absolute atomic E-state index is 6.06. The van der Waals surface area contributed by atoms with Gasteiger partial charge in [-0.3, -0.25) is 4.57 Å². The molecular formula is C18H26N4O. The Morgan fingerprint density at radius 3 is 2.96 bits per heavy atom. The number of imidazole rings is 1. The van der Waals surface area contributed by atoms with Crippen molar-refractivity contribution in [1.29, 1.82) is 0 Å². The lowest BCUT2D eigenvalue weighted by Crippen LogP contribution is -2.38. The third-order valence-electron chi connectivity index (χ3n) is 5.31. The Hall–Kier alpha value is -1.46. The Kier molecular flexibility index (Phi) is 4.31.